The molecule has 1 aliphatic carbocycles. The van der Waals surface area contributed by atoms with E-state index in [0.29, 0.717) is 24.5 Å². The topological polar surface area (TPSA) is 17.1 Å². The van der Waals surface area contributed by atoms with Crippen LogP contribution >= 0.6 is 0 Å². The number of Topliss-reactive ketones (excluding diaryl/α,β-unsaturated/α-hetero) is 1. The van der Waals surface area contributed by atoms with E-state index in [4.69, 9.17) is 0 Å². The van der Waals surface area contributed by atoms with Gasteiger partial charge >= 0.3 is 0 Å². The van der Waals surface area contributed by atoms with Crippen LogP contribution in [0.3, 0.4) is 0 Å². The van der Waals surface area contributed by atoms with Crippen LogP contribution in [0.1, 0.15) is 63.6 Å². The summed E-state index contributed by atoms with van der Waals surface area (Å²) in [5, 5.41) is 0. The van der Waals surface area contributed by atoms with Crippen molar-refractivity contribution in [3.05, 3.63) is 89.0 Å². The van der Waals surface area contributed by atoms with Crippen molar-refractivity contribution < 1.29 is 4.79 Å². The van der Waals surface area contributed by atoms with Crippen molar-refractivity contribution >= 4 is 11.4 Å². The molecule has 0 bridgehead atoms. The second-order valence-corrected chi connectivity index (χ2v) is 8.85. The van der Waals surface area contributed by atoms with Gasteiger partial charge in [0.1, 0.15) is 5.78 Å². The molecule has 0 spiro atoms. The van der Waals surface area contributed by atoms with Gasteiger partial charge in [0, 0.05) is 18.8 Å². The van der Waals surface area contributed by atoms with E-state index in [9.17, 15) is 4.79 Å². The Hall–Kier alpha value is -2.41. The van der Waals surface area contributed by atoms with Gasteiger partial charge in [-0.1, -0.05) is 100 Å². The van der Waals surface area contributed by atoms with Crippen LogP contribution in [0.15, 0.2) is 72.3 Å². The Labute approximate surface area is 170 Å². The summed E-state index contributed by atoms with van der Waals surface area (Å²) in [5.41, 5.74) is 6.67. The predicted octanol–water partition coefficient (Wildman–Crippen LogP) is 6.93. The molecule has 0 saturated heterocycles. The van der Waals surface area contributed by atoms with E-state index in [0.717, 1.165) is 18.4 Å². The van der Waals surface area contributed by atoms with Crippen LogP contribution in [0.4, 0.5) is 0 Å². The summed E-state index contributed by atoms with van der Waals surface area (Å²) in [6, 6.07) is 19.1. The normalized spacial score (nSPS) is 16.6. The molecule has 0 amide bonds. The highest BCUT2D eigenvalue weighted by Crippen LogP contribution is 2.38. The van der Waals surface area contributed by atoms with Crippen LogP contribution in [0.5, 0.6) is 0 Å². The van der Waals surface area contributed by atoms with Crippen LogP contribution in [-0.4, -0.2) is 5.78 Å². The van der Waals surface area contributed by atoms with E-state index >= 15 is 0 Å². The smallest absolute Gasteiger partial charge is 0.137 e. The molecular formula is C27H32O. The van der Waals surface area contributed by atoms with Crippen molar-refractivity contribution in [2.24, 2.45) is 5.92 Å². The summed E-state index contributed by atoms with van der Waals surface area (Å²) in [5.74, 6) is 0.772. The zero-order chi connectivity index (χ0) is 20.1. The Morgan fingerprint density at radius 2 is 1.61 bits per heavy atom. The van der Waals surface area contributed by atoms with Gasteiger partial charge in [-0.25, -0.2) is 0 Å². The third-order valence-electron chi connectivity index (χ3n) is 5.73. The molecule has 0 saturated carbocycles. The van der Waals surface area contributed by atoms with Gasteiger partial charge in [-0.2, -0.15) is 0 Å². The first-order chi connectivity index (χ1) is 13.4. The molecule has 0 radical (unpaired) electrons. The largest absolute Gasteiger partial charge is 0.299 e. The quantitative estimate of drug-likeness (QED) is 0.515. The van der Waals surface area contributed by atoms with Crippen LogP contribution < -0.4 is 0 Å². The second-order valence-electron chi connectivity index (χ2n) is 8.85. The number of carbonyl (C=O) groups excluding carboxylic acids is 1. The molecule has 146 valence electrons. The number of hydrogen-bond donors (Lipinski definition) is 0. The van der Waals surface area contributed by atoms with Crippen molar-refractivity contribution in [1.29, 1.82) is 0 Å². The van der Waals surface area contributed by atoms with Crippen molar-refractivity contribution in [1.82, 2.24) is 0 Å². The summed E-state index contributed by atoms with van der Waals surface area (Å²) in [7, 11) is 0. The molecule has 0 heterocycles. The molecule has 1 heteroatoms. The van der Waals surface area contributed by atoms with Gasteiger partial charge in [-0.3, -0.25) is 4.79 Å². The van der Waals surface area contributed by atoms with Gasteiger partial charge in [0.2, 0.25) is 0 Å². The third kappa shape index (κ3) is 4.90. The summed E-state index contributed by atoms with van der Waals surface area (Å²) in [6.45, 7) is 8.87. The van der Waals surface area contributed by atoms with E-state index in [2.05, 4.69) is 94.4 Å². The standard InChI is InChI=1S/C27H32O/c1-5-25-22(14-18-26(25)21-9-7-6-8-10-21)13-17-24(28)19-20-11-15-23(16-12-20)27(2,3)4/h6-12,14-16,18,25H,5,13,17,19H2,1-4H3. The highest BCUT2D eigenvalue weighted by Gasteiger charge is 2.22. The predicted molar refractivity (Wildman–Crippen MR) is 119 cm³/mol. The lowest BCUT2D eigenvalue weighted by Crippen LogP contribution is -2.11. The summed E-state index contributed by atoms with van der Waals surface area (Å²) in [6.07, 6.45) is 7.59. The molecule has 1 unspecified atom stereocenters. The lowest BCUT2D eigenvalue weighted by molar-refractivity contribution is -0.118. The van der Waals surface area contributed by atoms with Crippen LogP contribution in [0.2, 0.25) is 0 Å². The first-order valence-electron chi connectivity index (χ1n) is 10.5. The number of benzene rings is 2. The van der Waals surface area contributed by atoms with E-state index < -0.39 is 0 Å². The van der Waals surface area contributed by atoms with Gasteiger partial charge < -0.3 is 0 Å². The molecule has 0 aromatic heterocycles. The average molecular weight is 373 g/mol. The Balaban J connectivity index is 1.55. The van der Waals surface area contributed by atoms with Crippen LogP contribution in [-0.2, 0) is 16.6 Å². The second kappa shape index (κ2) is 8.73. The highest BCUT2D eigenvalue weighted by atomic mass is 16.1. The Bertz CT molecular complexity index is 861. The van der Waals surface area contributed by atoms with Gasteiger partial charge in [0.15, 0.2) is 0 Å². The lowest BCUT2D eigenvalue weighted by Gasteiger charge is -2.19. The molecule has 28 heavy (non-hydrogen) atoms. The fourth-order valence-corrected chi connectivity index (χ4v) is 4.02. The molecular weight excluding hydrogens is 340 g/mol. The molecule has 0 aliphatic heterocycles. The van der Waals surface area contributed by atoms with Crippen molar-refractivity contribution in [3.8, 4) is 0 Å². The third-order valence-corrected chi connectivity index (χ3v) is 5.73. The summed E-state index contributed by atoms with van der Waals surface area (Å²) in [4.78, 5) is 12.6. The van der Waals surface area contributed by atoms with E-state index in [1.165, 1.54) is 22.3 Å². The van der Waals surface area contributed by atoms with Crippen molar-refractivity contribution in [2.45, 2.75) is 58.8 Å². The minimum absolute atomic E-state index is 0.149. The molecule has 1 atom stereocenters. The van der Waals surface area contributed by atoms with E-state index in [-0.39, 0.29) is 5.41 Å². The van der Waals surface area contributed by atoms with Crippen LogP contribution in [0.25, 0.3) is 5.57 Å². The number of rotatable bonds is 7. The first-order valence-corrected chi connectivity index (χ1v) is 10.5. The van der Waals surface area contributed by atoms with Crippen molar-refractivity contribution in [2.75, 3.05) is 0 Å². The molecule has 2 aromatic rings. The molecule has 2 aromatic carbocycles. The highest BCUT2D eigenvalue weighted by molar-refractivity contribution is 5.81. The zero-order valence-electron chi connectivity index (χ0n) is 17.7. The summed E-state index contributed by atoms with van der Waals surface area (Å²) < 4.78 is 0. The average Bonchev–Trinajstić information content (AvgIpc) is 3.10. The number of hydrogen-bond acceptors (Lipinski definition) is 1. The maximum atomic E-state index is 12.6. The first kappa shape index (κ1) is 20.3. The minimum Gasteiger partial charge on any atom is -0.299 e. The van der Waals surface area contributed by atoms with Gasteiger partial charge in [0.05, 0.1) is 0 Å². The fourth-order valence-electron chi connectivity index (χ4n) is 4.02. The molecule has 0 N–H and O–H groups in total. The maximum absolute atomic E-state index is 12.6. The Morgan fingerprint density at radius 3 is 2.21 bits per heavy atom. The van der Waals surface area contributed by atoms with E-state index in [1.807, 2.05) is 0 Å². The Kier molecular flexibility index (Phi) is 6.34. The SMILES string of the molecule is CCC1C(CCC(=O)Cc2ccc(C(C)(C)C)cc2)=CC=C1c1ccccc1. The molecule has 1 nitrogen and oxygen atoms in total. The van der Waals surface area contributed by atoms with Gasteiger partial charge in [0.25, 0.3) is 0 Å². The molecule has 1 aliphatic rings. The maximum Gasteiger partial charge on any atom is 0.137 e. The van der Waals surface area contributed by atoms with E-state index in [1.54, 1.807) is 0 Å². The number of allylic oxidation sites excluding steroid dienone is 4. The number of carbonyl (C=O) groups is 1. The fraction of sp³-hybridized carbons (Fsp3) is 0.370. The molecule has 0 fully saturated rings. The molecule has 3 rings (SSSR count). The van der Waals surface area contributed by atoms with Gasteiger partial charge in [-0.05, 0) is 40.5 Å². The lowest BCUT2D eigenvalue weighted by atomic mass is 9.85. The van der Waals surface area contributed by atoms with Crippen LogP contribution in [0, 0.1) is 5.92 Å². The zero-order valence-corrected chi connectivity index (χ0v) is 17.7. The Morgan fingerprint density at radius 1 is 0.929 bits per heavy atom. The monoisotopic (exact) mass is 372 g/mol. The number of ketones is 1. The minimum atomic E-state index is 0.149. The van der Waals surface area contributed by atoms with Crippen molar-refractivity contribution in [3.63, 3.8) is 0 Å². The van der Waals surface area contributed by atoms with Gasteiger partial charge in [-0.15, -0.1) is 0 Å². The summed E-state index contributed by atoms with van der Waals surface area (Å²) >= 11 is 0.